The number of rotatable bonds is 9. The number of H-pyrrole nitrogens is 1. The summed E-state index contributed by atoms with van der Waals surface area (Å²) in [6.07, 6.45) is 2.75. The molecule has 0 saturated carbocycles. The maximum atomic E-state index is 13.3. The molecule has 12 heteroatoms. The van der Waals surface area contributed by atoms with E-state index in [4.69, 9.17) is 21.3 Å². The molecule has 2 aromatic heterocycles. The van der Waals surface area contributed by atoms with Gasteiger partial charge < -0.3 is 30.0 Å². The number of ether oxygens (including phenoxy) is 2. The number of nitrogens with zero attached hydrogens (tertiary/aromatic N) is 4. The van der Waals surface area contributed by atoms with Crippen LogP contribution in [0.4, 0.5) is 17.3 Å². The molecule has 0 aliphatic carbocycles. The molecule has 42 heavy (non-hydrogen) atoms. The first-order chi connectivity index (χ1) is 20.2. The number of hydrogen-bond acceptors (Lipinski definition) is 9. The van der Waals surface area contributed by atoms with Gasteiger partial charge in [-0.15, -0.1) is 0 Å². The van der Waals surface area contributed by atoms with E-state index < -0.39 is 5.97 Å². The Hall–Kier alpha value is -5.16. The number of amides is 1. The molecule has 11 nitrogen and oxygen atoms in total. The topological polar surface area (TPSA) is 134 Å². The molecule has 5 rings (SSSR count). The van der Waals surface area contributed by atoms with Gasteiger partial charge in [-0.1, -0.05) is 11.6 Å². The SMILES string of the molecule is COC(=O)c1cnc(NCc2cc(OC)cc(C(=O)Nc3ccc(Cl)c(-c4nc5cc(N(C)C)ccc5[nH]4)c3)c2)nc1. The van der Waals surface area contributed by atoms with Crippen molar-refractivity contribution in [2.24, 2.45) is 0 Å². The molecule has 3 aromatic carbocycles. The molecule has 3 N–H and O–H groups in total. The number of halogens is 1. The largest absolute Gasteiger partial charge is 0.497 e. The zero-order chi connectivity index (χ0) is 29.8. The molecule has 2 heterocycles. The van der Waals surface area contributed by atoms with E-state index in [0.29, 0.717) is 45.9 Å². The van der Waals surface area contributed by atoms with Gasteiger partial charge in [-0.25, -0.2) is 19.7 Å². The van der Waals surface area contributed by atoms with Gasteiger partial charge in [-0.3, -0.25) is 4.79 Å². The van der Waals surface area contributed by atoms with Gasteiger partial charge in [-0.2, -0.15) is 0 Å². The second kappa shape index (κ2) is 12.1. The van der Waals surface area contributed by atoms with Crippen molar-refractivity contribution in [2.45, 2.75) is 6.54 Å². The normalized spacial score (nSPS) is 10.8. The molecule has 0 saturated heterocycles. The van der Waals surface area contributed by atoms with Gasteiger partial charge in [0.15, 0.2) is 0 Å². The molecule has 0 radical (unpaired) electrons. The van der Waals surface area contributed by atoms with Gasteiger partial charge in [0, 0.05) is 55.5 Å². The van der Waals surface area contributed by atoms with Gasteiger partial charge >= 0.3 is 5.97 Å². The summed E-state index contributed by atoms with van der Waals surface area (Å²) in [6, 6.07) is 16.4. The van der Waals surface area contributed by atoms with Crippen molar-refractivity contribution < 1.29 is 19.1 Å². The lowest BCUT2D eigenvalue weighted by Gasteiger charge is -2.12. The molecule has 0 atom stereocenters. The van der Waals surface area contributed by atoms with Gasteiger partial charge in [0.2, 0.25) is 5.95 Å². The van der Waals surface area contributed by atoms with Gasteiger partial charge in [0.25, 0.3) is 5.91 Å². The number of carbonyl (C=O) groups excluding carboxylic acids is 2. The van der Waals surface area contributed by atoms with Crippen molar-refractivity contribution in [2.75, 3.05) is 43.8 Å². The summed E-state index contributed by atoms with van der Waals surface area (Å²) >= 11 is 6.53. The Morgan fingerprint density at radius 3 is 2.48 bits per heavy atom. The number of aromatic nitrogens is 4. The Morgan fingerprint density at radius 1 is 0.976 bits per heavy atom. The van der Waals surface area contributed by atoms with Crippen LogP contribution in [0.15, 0.2) is 67.0 Å². The van der Waals surface area contributed by atoms with Crippen LogP contribution >= 0.6 is 11.6 Å². The average molecular weight is 586 g/mol. The molecule has 0 aliphatic rings. The Kier molecular flexibility index (Phi) is 8.21. The van der Waals surface area contributed by atoms with Crippen LogP contribution in [-0.2, 0) is 11.3 Å². The smallest absolute Gasteiger partial charge is 0.341 e. The number of anilines is 3. The van der Waals surface area contributed by atoms with E-state index in [-0.39, 0.29) is 11.5 Å². The number of nitrogens with one attached hydrogen (secondary N) is 3. The number of hydrogen-bond donors (Lipinski definition) is 3. The zero-order valence-corrected chi connectivity index (χ0v) is 24.1. The third kappa shape index (κ3) is 6.26. The molecule has 0 aliphatic heterocycles. The first kappa shape index (κ1) is 28.4. The molecular formula is C30H28ClN7O4. The number of aromatic amines is 1. The lowest BCUT2D eigenvalue weighted by atomic mass is 10.1. The minimum absolute atomic E-state index is 0.243. The van der Waals surface area contributed by atoms with Crippen LogP contribution in [-0.4, -0.2) is 60.1 Å². The van der Waals surface area contributed by atoms with Crippen molar-refractivity contribution in [3.63, 3.8) is 0 Å². The number of benzene rings is 3. The summed E-state index contributed by atoms with van der Waals surface area (Å²) in [7, 11) is 6.77. The number of imidazole rings is 1. The molecule has 1 amide bonds. The van der Waals surface area contributed by atoms with E-state index in [2.05, 4.69) is 30.3 Å². The van der Waals surface area contributed by atoms with Crippen LogP contribution in [0.3, 0.4) is 0 Å². The molecule has 0 unspecified atom stereocenters. The Labute approximate surface area is 246 Å². The lowest BCUT2D eigenvalue weighted by Crippen LogP contribution is -2.13. The molecule has 5 aromatic rings. The predicted molar refractivity (Wildman–Crippen MR) is 163 cm³/mol. The second-order valence-corrected chi connectivity index (χ2v) is 9.95. The fourth-order valence-corrected chi connectivity index (χ4v) is 4.43. The van der Waals surface area contributed by atoms with Gasteiger partial charge in [0.1, 0.15) is 11.6 Å². The second-order valence-electron chi connectivity index (χ2n) is 9.54. The maximum Gasteiger partial charge on any atom is 0.341 e. The molecule has 0 bridgehead atoms. The number of fused-ring (bicyclic) bond motifs is 1. The lowest BCUT2D eigenvalue weighted by molar-refractivity contribution is 0.0599. The summed E-state index contributed by atoms with van der Waals surface area (Å²) in [6.45, 7) is 0.307. The van der Waals surface area contributed by atoms with E-state index in [1.807, 2.05) is 37.2 Å². The first-order valence-electron chi connectivity index (χ1n) is 12.8. The number of carbonyl (C=O) groups is 2. The quantitative estimate of drug-likeness (QED) is 0.194. The minimum Gasteiger partial charge on any atom is -0.497 e. The molecular weight excluding hydrogens is 558 g/mol. The van der Waals surface area contributed by atoms with Crippen LogP contribution in [0.5, 0.6) is 5.75 Å². The van der Waals surface area contributed by atoms with Crippen molar-refractivity contribution in [1.29, 1.82) is 0 Å². The van der Waals surface area contributed by atoms with E-state index in [0.717, 1.165) is 22.3 Å². The highest BCUT2D eigenvalue weighted by Gasteiger charge is 2.15. The number of esters is 1. The van der Waals surface area contributed by atoms with E-state index in [1.165, 1.54) is 26.6 Å². The van der Waals surface area contributed by atoms with Crippen LogP contribution in [0.25, 0.3) is 22.4 Å². The monoisotopic (exact) mass is 585 g/mol. The van der Waals surface area contributed by atoms with Gasteiger partial charge in [0.05, 0.1) is 35.8 Å². The van der Waals surface area contributed by atoms with E-state index in [9.17, 15) is 9.59 Å². The van der Waals surface area contributed by atoms with Crippen molar-refractivity contribution in [3.05, 3.63) is 88.7 Å². The molecule has 214 valence electrons. The fraction of sp³-hybridized carbons (Fsp3) is 0.167. The van der Waals surface area contributed by atoms with E-state index >= 15 is 0 Å². The van der Waals surface area contributed by atoms with Crippen molar-refractivity contribution in [1.82, 2.24) is 19.9 Å². The van der Waals surface area contributed by atoms with Gasteiger partial charge in [-0.05, 0) is 60.2 Å². The van der Waals surface area contributed by atoms with Crippen molar-refractivity contribution >= 4 is 51.8 Å². The summed E-state index contributed by atoms with van der Waals surface area (Å²) < 4.78 is 10.1. The highest BCUT2D eigenvalue weighted by atomic mass is 35.5. The highest BCUT2D eigenvalue weighted by Crippen LogP contribution is 2.31. The Bertz CT molecular complexity index is 1770. The first-order valence-corrected chi connectivity index (χ1v) is 13.2. The maximum absolute atomic E-state index is 13.3. The number of methoxy groups -OCH3 is 2. The molecule has 0 fully saturated rings. The summed E-state index contributed by atoms with van der Waals surface area (Å²) in [5.41, 5.74) is 5.33. The highest BCUT2D eigenvalue weighted by molar-refractivity contribution is 6.33. The van der Waals surface area contributed by atoms with Crippen molar-refractivity contribution in [3.8, 4) is 17.1 Å². The van der Waals surface area contributed by atoms with Crippen LogP contribution in [0, 0.1) is 0 Å². The minimum atomic E-state index is -0.519. The van der Waals surface area contributed by atoms with Crippen LogP contribution < -0.4 is 20.3 Å². The summed E-state index contributed by atoms with van der Waals surface area (Å²) in [5.74, 6) is 0.571. The fourth-order valence-electron chi connectivity index (χ4n) is 4.22. The predicted octanol–water partition coefficient (Wildman–Crippen LogP) is 5.40. The molecule has 0 spiro atoms. The van der Waals surface area contributed by atoms with E-state index in [1.54, 1.807) is 36.4 Å². The average Bonchev–Trinajstić information content (AvgIpc) is 3.44. The zero-order valence-electron chi connectivity index (χ0n) is 23.4. The van der Waals surface area contributed by atoms with Crippen LogP contribution in [0.1, 0.15) is 26.3 Å². The summed E-state index contributed by atoms with van der Waals surface area (Å²) in [4.78, 5) is 43.2. The standard InChI is InChI=1S/C30H28ClN7O4/c1-38(2)21-6-8-25-26(13-21)37-27(36-25)23-12-20(5-7-24(23)31)35-28(39)18-9-17(10-22(11-18)41-3)14-32-30-33-15-19(16-34-30)29(40)42-4/h5-13,15-16H,14H2,1-4H3,(H,35,39)(H,36,37)(H,32,33,34). The van der Waals surface area contributed by atoms with Crippen LogP contribution in [0.2, 0.25) is 5.02 Å². The Morgan fingerprint density at radius 2 is 1.76 bits per heavy atom. The Balaban J connectivity index is 1.33. The third-order valence-electron chi connectivity index (χ3n) is 6.45. The third-order valence-corrected chi connectivity index (χ3v) is 6.78. The summed E-state index contributed by atoms with van der Waals surface area (Å²) in [5, 5.41) is 6.51.